The van der Waals surface area contributed by atoms with Crippen LogP contribution in [0.15, 0.2) is 0 Å². The molecule has 0 aliphatic heterocycles. The van der Waals surface area contributed by atoms with Crippen LogP contribution in [-0.4, -0.2) is 19.0 Å². The van der Waals surface area contributed by atoms with E-state index in [9.17, 15) is 0 Å². The van der Waals surface area contributed by atoms with Crippen LogP contribution < -0.4 is 0 Å². The largest absolute Gasteiger partial charge is 0.350 e. The highest BCUT2D eigenvalue weighted by molar-refractivity contribution is 4.64. The fourth-order valence-corrected chi connectivity index (χ4v) is 1.05. The standard InChI is InChI=1S/C12H25O2/c1-5-8-10-13-12(4,7-3)14-11-9-6-2/h3,5-11H2,1-2,4H3. The second kappa shape index (κ2) is 8.25. The van der Waals surface area contributed by atoms with E-state index in [1.165, 1.54) is 0 Å². The van der Waals surface area contributed by atoms with Gasteiger partial charge in [-0.05, 0) is 26.7 Å². The lowest BCUT2D eigenvalue weighted by atomic mass is 10.2. The zero-order valence-electron chi connectivity index (χ0n) is 9.97. The molecule has 0 aromatic carbocycles. The van der Waals surface area contributed by atoms with Crippen molar-refractivity contribution >= 4 is 0 Å². The second-order valence-corrected chi connectivity index (χ2v) is 3.79. The summed E-state index contributed by atoms with van der Waals surface area (Å²) in [5.74, 6) is -0.468. The molecule has 0 atom stereocenters. The second-order valence-electron chi connectivity index (χ2n) is 3.79. The minimum atomic E-state index is -0.468. The molecule has 0 N–H and O–H groups in total. The Morgan fingerprint density at radius 2 is 1.43 bits per heavy atom. The molecule has 0 aliphatic carbocycles. The van der Waals surface area contributed by atoms with Crippen LogP contribution in [0, 0.1) is 6.92 Å². The number of ether oxygens (including phenoxy) is 2. The van der Waals surface area contributed by atoms with Crippen molar-refractivity contribution in [1.82, 2.24) is 0 Å². The van der Waals surface area contributed by atoms with Crippen molar-refractivity contribution < 1.29 is 9.47 Å². The molecule has 0 aliphatic rings. The zero-order valence-corrected chi connectivity index (χ0v) is 9.97. The average Bonchev–Trinajstić information content (AvgIpc) is 2.19. The first-order valence-corrected chi connectivity index (χ1v) is 5.75. The van der Waals surface area contributed by atoms with Gasteiger partial charge in [-0.15, -0.1) is 0 Å². The molecule has 0 rings (SSSR count). The molecule has 0 unspecified atom stereocenters. The van der Waals surface area contributed by atoms with Crippen LogP contribution in [-0.2, 0) is 9.47 Å². The Bertz CT molecular complexity index is 113. The number of hydrogen-bond donors (Lipinski definition) is 0. The van der Waals surface area contributed by atoms with E-state index in [1.807, 2.05) is 6.92 Å². The molecule has 2 heteroatoms. The van der Waals surface area contributed by atoms with Gasteiger partial charge in [-0.25, -0.2) is 0 Å². The summed E-state index contributed by atoms with van der Waals surface area (Å²) in [6, 6.07) is 0. The molecular formula is C12H25O2. The fraction of sp³-hybridized carbons (Fsp3) is 0.917. The van der Waals surface area contributed by atoms with Gasteiger partial charge in [0.1, 0.15) is 0 Å². The van der Waals surface area contributed by atoms with E-state index < -0.39 is 5.79 Å². The molecule has 0 spiro atoms. The van der Waals surface area contributed by atoms with Crippen LogP contribution in [0.3, 0.4) is 0 Å². The molecule has 14 heavy (non-hydrogen) atoms. The van der Waals surface area contributed by atoms with Crippen molar-refractivity contribution in [2.45, 2.75) is 58.7 Å². The van der Waals surface area contributed by atoms with Gasteiger partial charge in [0.2, 0.25) is 0 Å². The summed E-state index contributed by atoms with van der Waals surface area (Å²) >= 11 is 0. The third kappa shape index (κ3) is 6.39. The minimum Gasteiger partial charge on any atom is -0.350 e. The number of hydrogen-bond acceptors (Lipinski definition) is 2. The fourth-order valence-electron chi connectivity index (χ4n) is 1.05. The molecule has 0 heterocycles. The number of rotatable bonds is 9. The summed E-state index contributed by atoms with van der Waals surface area (Å²) < 4.78 is 11.4. The van der Waals surface area contributed by atoms with Crippen LogP contribution in [0.1, 0.15) is 52.9 Å². The van der Waals surface area contributed by atoms with E-state index in [4.69, 9.17) is 9.47 Å². The summed E-state index contributed by atoms with van der Waals surface area (Å²) in [5.41, 5.74) is 0. The molecule has 2 nitrogen and oxygen atoms in total. The summed E-state index contributed by atoms with van der Waals surface area (Å²) in [7, 11) is 0. The first-order valence-electron chi connectivity index (χ1n) is 5.75. The maximum Gasteiger partial charge on any atom is 0.165 e. The van der Waals surface area contributed by atoms with Gasteiger partial charge in [0.05, 0.1) is 0 Å². The van der Waals surface area contributed by atoms with Crippen LogP contribution in [0.5, 0.6) is 0 Å². The van der Waals surface area contributed by atoms with Crippen LogP contribution in [0.4, 0.5) is 0 Å². The van der Waals surface area contributed by atoms with Crippen molar-refractivity contribution in [2.75, 3.05) is 13.2 Å². The van der Waals surface area contributed by atoms with Gasteiger partial charge in [0, 0.05) is 19.6 Å². The third-order valence-electron chi connectivity index (χ3n) is 2.26. The average molecular weight is 201 g/mol. The first-order chi connectivity index (χ1) is 6.68. The zero-order chi connectivity index (χ0) is 10.9. The lowest BCUT2D eigenvalue weighted by Gasteiger charge is -2.28. The van der Waals surface area contributed by atoms with Crippen LogP contribution in [0.2, 0.25) is 0 Å². The normalized spacial score (nSPS) is 12.0. The van der Waals surface area contributed by atoms with E-state index >= 15 is 0 Å². The molecular weight excluding hydrogens is 176 g/mol. The van der Waals surface area contributed by atoms with Crippen LogP contribution >= 0.6 is 0 Å². The van der Waals surface area contributed by atoms with Gasteiger partial charge in [0.25, 0.3) is 0 Å². The Kier molecular flexibility index (Phi) is 8.20. The molecule has 0 fully saturated rings. The Hall–Kier alpha value is -0.0800. The number of unbranched alkanes of at least 4 members (excludes halogenated alkanes) is 2. The van der Waals surface area contributed by atoms with Crippen molar-refractivity contribution in [1.29, 1.82) is 0 Å². The maximum atomic E-state index is 5.68. The van der Waals surface area contributed by atoms with Crippen molar-refractivity contribution in [2.24, 2.45) is 0 Å². The minimum absolute atomic E-state index is 0.468. The highest BCUT2D eigenvalue weighted by atomic mass is 16.7. The van der Waals surface area contributed by atoms with Gasteiger partial charge >= 0.3 is 0 Å². The van der Waals surface area contributed by atoms with E-state index in [0.717, 1.165) is 38.9 Å². The van der Waals surface area contributed by atoms with Gasteiger partial charge < -0.3 is 9.47 Å². The van der Waals surface area contributed by atoms with Gasteiger partial charge in [-0.2, -0.15) is 0 Å². The molecule has 0 saturated carbocycles. The predicted molar refractivity (Wildman–Crippen MR) is 60.1 cm³/mol. The summed E-state index contributed by atoms with van der Waals surface area (Å²) in [4.78, 5) is 0. The molecule has 0 aromatic rings. The summed E-state index contributed by atoms with van der Waals surface area (Å²) in [6.45, 7) is 11.7. The monoisotopic (exact) mass is 201 g/mol. The quantitative estimate of drug-likeness (QED) is 0.419. The van der Waals surface area contributed by atoms with Crippen LogP contribution in [0.25, 0.3) is 0 Å². The predicted octanol–water partition coefficient (Wildman–Crippen LogP) is 3.56. The Labute approximate surface area is 89.0 Å². The summed E-state index contributed by atoms with van der Waals surface area (Å²) in [5, 5.41) is 0. The van der Waals surface area contributed by atoms with Crippen molar-refractivity contribution in [3.05, 3.63) is 6.92 Å². The highest BCUT2D eigenvalue weighted by Crippen LogP contribution is 2.17. The maximum absolute atomic E-state index is 5.68. The molecule has 0 saturated heterocycles. The van der Waals surface area contributed by atoms with E-state index in [2.05, 4.69) is 20.8 Å². The molecule has 0 aromatic heterocycles. The highest BCUT2D eigenvalue weighted by Gasteiger charge is 2.22. The Morgan fingerprint density at radius 1 is 1.00 bits per heavy atom. The Balaban J connectivity index is 3.67. The molecule has 85 valence electrons. The van der Waals surface area contributed by atoms with E-state index in [1.54, 1.807) is 0 Å². The molecule has 1 radical (unpaired) electrons. The van der Waals surface area contributed by atoms with Gasteiger partial charge in [-0.3, -0.25) is 0 Å². The Morgan fingerprint density at radius 3 is 1.71 bits per heavy atom. The van der Waals surface area contributed by atoms with Crippen molar-refractivity contribution in [3.8, 4) is 0 Å². The smallest absolute Gasteiger partial charge is 0.165 e. The third-order valence-corrected chi connectivity index (χ3v) is 2.26. The van der Waals surface area contributed by atoms with E-state index in [0.29, 0.717) is 6.42 Å². The van der Waals surface area contributed by atoms with E-state index in [-0.39, 0.29) is 0 Å². The topological polar surface area (TPSA) is 18.5 Å². The SMILES string of the molecule is [CH2]CC(C)(OCCCC)OCCCC. The van der Waals surface area contributed by atoms with Crippen molar-refractivity contribution in [3.63, 3.8) is 0 Å². The lowest BCUT2D eigenvalue weighted by molar-refractivity contribution is -0.224. The lowest BCUT2D eigenvalue weighted by Crippen LogP contribution is -2.32. The molecule has 0 bridgehead atoms. The molecule has 0 amide bonds. The van der Waals surface area contributed by atoms with Gasteiger partial charge in [-0.1, -0.05) is 26.7 Å². The summed E-state index contributed by atoms with van der Waals surface area (Å²) in [6.07, 6.45) is 5.16. The van der Waals surface area contributed by atoms with Gasteiger partial charge in [0.15, 0.2) is 5.79 Å². The first kappa shape index (κ1) is 13.9.